The molecular formula is C11H13BrN2. The molecule has 2 aromatic rings. The fourth-order valence-electron chi connectivity index (χ4n) is 1.84. The van der Waals surface area contributed by atoms with Gasteiger partial charge in [0.1, 0.15) is 0 Å². The van der Waals surface area contributed by atoms with Crippen molar-refractivity contribution in [2.24, 2.45) is 5.73 Å². The summed E-state index contributed by atoms with van der Waals surface area (Å²) in [7, 11) is 0. The summed E-state index contributed by atoms with van der Waals surface area (Å²) in [6.07, 6.45) is 0. The van der Waals surface area contributed by atoms with E-state index in [1.54, 1.807) is 0 Å². The van der Waals surface area contributed by atoms with Crippen molar-refractivity contribution in [3.8, 4) is 0 Å². The van der Waals surface area contributed by atoms with E-state index < -0.39 is 0 Å². The van der Waals surface area contributed by atoms with Gasteiger partial charge in [0.25, 0.3) is 0 Å². The van der Waals surface area contributed by atoms with Gasteiger partial charge in [-0.05, 0) is 53.0 Å². The van der Waals surface area contributed by atoms with E-state index >= 15 is 0 Å². The van der Waals surface area contributed by atoms with E-state index in [4.69, 9.17) is 5.73 Å². The van der Waals surface area contributed by atoms with Gasteiger partial charge in [0.05, 0.1) is 5.52 Å². The van der Waals surface area contributed by atoms with Crippen molar-refractivity contribution in [1.29, 1.82) is 0 Å². The van der Waals surface area contributed by atoms with E-state index in [-0.39, 0.29) is 0 Å². The highest BCUT2D eigenvalue weighted by atomic mass is 79.9. The van der Waals surface area contributed by atoms with Gasteiger partial charge in [0.15, 0.2) is 0 Å². The van der Waals surface area contributed by atoms with Crippen LogP contribution in [0.15, 0.2) is 16.6 Å². The zero-order chi connectivity index (χ0) is 10.3. The maximum Gasteiger partial charge on any atom is 0.0603 e. The molecule has 14 heavy (non-hydrogen) atoms. The smallest absolute Gasteiger partial charge is 0.0603 e. The molecule has 0 radical (unpaired) electrons. The van der Waals surface area contributed by atoms with Crippen LogP contribution in [0.2, 0.25) is 0 Å². The number of aromatic nitrogens is 1. The first-order valence-corrected chi connectivity index (χ1v) is 5.40. The van der Waals surface area contributed by atoms with E-state index in [9.17, 15) is 0 Å². The Labute approximate surface area is 91.6 Å². The van der Waals surface area contributed by atoms with Crippen LogP contribution in [0, 0.1) is 13.8 Å². The number of benzene rings is 1. The third-order valence-electron chi connectivity index (χ3n) is 2.53. The lowest BCUT2D eigenvalue weighted by molar-refractivity contribution is 1.05. The quantitative estimate of drug-likeness (QED) is 0.805. The van der Waals surface area contributed by atoms with Gasteiger partial charge in [0, 0.05) is 22.1 Å². The molecule has 2 rings (SSSR count). The third kappa shape index (κ3) is 1.37. The fourth-order valence-corrected chi connectivity index (χ4v) is 2.51. The highest BCUT2D eigenvalue weighted by Crippen LogP contribution is 2.29. The van der Waals surface area contributed by atoms with E-state index in [1.807, 2.05) is 0 Å². The maximum atomic E-state index is 5.73. The van der Waals surface area contributed by atoms with Crippen molar-refractivity contribution in [2.45, 2.75) is 20.4 Å². The molecule has 0 saturated carbocycles. The summed E-state index contributed by atoms with van der Waals surface area (Å²) in [5, 5.41) is 1.23. The summed E-state index contributed by atoms with van der Waals surface area (Å²) in [4.78, 5) is 3.35. The molecule has 0 bridgehead atoms. The van der Waals surface area contributed by atoms with Crippen LogP contribution in [-0.2, 0) is 6.54 Å². The molecule has 0 amide bonds. The second-order valence-corrected chi connectivity index (χ2v) is 4.46. The summed E-state index contributed by atoms with van der Waals surface area (Å²) in [5.41, 5.74) is 10.5. The van der Waals surface area contributed by atoms with Crippen molar-refractivity contribution in [3.05, 3.63) is 33.4 Å². The van der Waals surface area contributed by atoms with Crippen LogP contribution in [0.3, 0.4) is 0 Å². The predicted octanol–water partition coefficient (Wildman–Crippen LogP) is 3.01. The number of nitrogens with two attached hydrogens (primary N) is 1. The van der Waals surface area contributed by atoms with Gasteiger partial charge < -0.3 is 10.7 Å². The largest absolute Gasteiger partial charge is 0.357 e. The van der Waals surface area contributed by atoms with Crippen LogP contribution in [-0.4, -0.2) is 4.98 Å². The Morgan fingerprint density at radius 1 is 1.36 bits per heavy atom. The molecule has 74 valence electrons. The van der Waals surface area contributed by atoms with Crippen LogP contribution in [0.1, 0.15) is 16.8 Å². The zero-order valence-electron chi connectivity index (χ0n) is 8.32. The maximum absolute atomic E-state index is 5.73. The Hall–Kier alpha value is -0.800. The van der Waals surface area contributed by atoms with Crippen LogP contribution < -0.4 is 5.73 Å². The zero-order valence-corrected chi connectivity index (χ0v) is 9.90. The Morgan fingerprint density at radius 2 is 2.07 bits per heavy atom. The minimum absolute atomic E-state index is 0.585. The third-order valence-corrected chi connectivity index (χ3v) is 3.15. The van der Waals surface area contributed by atoms with E-state index in [0.717, 1.165) is 15.7 Å². The summed E-state index contributed by atoms with van der Waals surface area (Å²) in [6.45, 7) is 4.73. The molecule has 0 spiro atoms. The van der Waals surface area contributed by atoms with Gasteiger partial charge in [-0.1, -0.05) is 0 Å². The highest BCUT2D eigenvalue weighted by molar-refractivity contribution is 9.10. The molecule has 3 N–H and O–H groups in total. The molecule has 3 heteroatoms. The molecule has 1 aromatic carbocycles. The predicted molar refractivity (Wildman–Crippen MR) is 63.4 cm³/mol. The highest BCUT2D eigenvalue weighted by Gasteiger charge is 2.09. The Kier molecular flexibility index (Phi) is 2.37. The fraction of sp³-hybridized carbons (Fsp3) is 0.273. The summed E-state index contributed by atoms with van der Waals surface area (Å²) in [6, 6.07) is 4.28. The summed E-state index contributed by atoms with van der Waals surface area (Å²) in [5.74, 6) is 0. The monoisotopic (exact) mass is 252 g/mol. The van der Waals surface area contributed by atoms with Crippen molar-refractivity contribution in [1.82, 2.24) is 4.98 Å². The topological polar surface area (TPSA) is 41.8 Å². The van der Waals surface area contributed by atoms with E-state index in [0.29, 0.717) is 6.54 Å². The lowest BCUT2D eigenvalue weighted by Gasteiger charge is -1.99. The van der Waals surface area contributed by atoms with Crippen molar-refractivity contribution in [2.75, 3.05) is 0 Å². The van der Waals surface area contributed by atoms with Crippen LogP contribution in [0.4, 0.5) is 0 Å². The first kappa shape index (κ1) is 9.74. The second kappa shape index (κ2) is 3.41. The Balaban J connectivity index is 2.87. The van der Waals surface area contributed by atoms with Gasteiger partial charge >= 0.3 is 0 Å². The van der Waals surface area contributed by atoms with Crippen LogP contribution in [0.25, 0.3) is 10.9 Å². The molecule has 2 nitrogen and oxygen atoms in total. The van der Waals surface area contributed by atoms with Gasteiger partial charge in [-0.25, -0.2) is 0 Å². The average molecular weight is 253 g/mol. The molecule has 1 heterocycles. The number of rotatable bonds is 1. The molecule has 0 aliphatic rings. The minimum Gasteiger partial charge on any atom is -0.357 e. The number of aryl methyl sites for hydroxylation is 2. The lowest BCUT2D eigenvalue weighted by atomic mass is 10.1. The Bertz CT molecular complexity index is 485. The van der Waals surface area contributed by atoms with Gasteiger partial charge in [-0.2, -0.15) is 0 Å². The molecule has 0 aliphatic carbocycles. The number of fused-ring (bicyclic) bond motifs is 1. The second-order valence-electron chi connectivity index (χ2n) is 3.60. The Morgan fingerprint density at radius 3 is 2.71 bits per heavy atom. The SMILES string of the molecule is Cc1cc(Br)c2[nH]c(C)c(CN)c2c1. The summed E-state index contributed by atoms with van der Waals surface area (Å²) >= 11 is 3.55. The van der Waals surface area contributed by atoms with E-state index in [1.165, 1.54) is 16.5 Å². The first-order valence-electron chi connectivity index (χ1n) is 4.61. The first-order chi connectivity index (χ1) is 6.63. The van der Waals surface area contributed by atoms with Gasteiger partial charge in [0.2, 0.25) is 0 Å². The summed E-state index contributed by atoms with van der Waals surface area (Å²) < 4.78 is 1.11. The number of aromatic amines is 1. The van der Waals surface area contributed by atoms with Crippen molar-refractivity contribution >= 4 is 26.8 Å². The van der Waals surface area contributed by atoms with Crippen molar-refractivity contribution < 1.29 is 0 Å². The van der Waals surface area contributed by atoms with Crippen molar-refractivity contribution in [3.63, 3.8) is 0 Å². The molecule has 0 aliphatic heterocycles. The number of halogens is 1. The minimum atomic E-state index is 0.585. The van der Waals surface area contributed by atoms with Gasteiger partial charge in [-0.15, -0.1) is 0 Å². The van der Waals surface area contributed by atoms with Crippen LogP contribution in [0.5, 0.6) is 0 Å². The molecule has 1 aromatic heterocycles. The molecule has 0 atom stereocenters. The number of hydrogen-bond acceptors (Lipinski definition) is 1. The standard InChI is InChI=1S/C11H13BrN2/c1-6-3-8-9(5-13)7(2)14-11(8)10(12)4-6/h3-4,14H,5,13H2,1-2H3. The molecule has 0 fully saturated rings. The normalized spacial score (nSPS) is 11.1. The number of nitrogens with one attached hydrogen (secondary N) is 1. The lowest BCUT2D eigenvalue weighted by Crippen LogP contribution is -1.96. The van der Waals surface area contributed by atoms with Crippen LogP contribution >= 0.6 is 15.9 Å². The van der Waals surface area contributed by atoms with E-state index in [2.05, 4.69) is 46.9 Å². The molecular weight excluding hydrogens is 240 g/mol. The number of hydrogen-bond donors (Lipinski definition) is 2. The van der Waals surface area contributed by atoms with Gasteiger partial charge in [-0.3, -0.25) is 0 Å². The molecule has 0 unspecified atom stereocenters. The molecule has 0 saturated heterocycles. The number of H-pyrrole nitrogens is 1. The average Bonchev–Trinajstić information content (AvgIpc) is 2.41.